The molecule has 0 amide bonds. The van der Waals surface area contributed by atoms with Gasteiger partial charge in [-0.2, -0.15) is 0 Å². The Morgan fingerprint density at radius 1 is 1.24 bits per heavy atom. The van der Waals surface area contributed by atoms with Crippen molar-refractivity contribution in [2.24, 2.45) is 5.92 Å². The van der Waals surface area contributed by atoms with Crippen LogP contribution in [0.15, 0.2) is 24.5 Å². The van der Waals surface area contributed by atoms with E-state index in [4.69, 9.17) is 0 Å². The number of nitrogens with one attached hydrogen (secondary N) is 1. The normalized spacial score (nSPS) is 15.8. The number of carboxylic acid groups (broad SMARTS) is 1. The van der Waals surface area contributed by atoms with Crippen molar-refractivity contribution in [1.29, 1.82) is 0 Å². The number of carbonyl (C=O) groups excluding carboxylic acids is 1. The van der Waals surface area contributed by atoms with Gasteiger partial charge in [0.05, 0.1) is 11.3 Å². The van der Waals surface area contributed by atoms with Crippen molar-refractivity contribution in [3.05, 3.63) is 30.1 Å². The summed E-state index contributed by atoms with van der Waals surface area (Å²) in [4.78, 5) is 37.0. The van der Waals surface area contributed by atoms with Crippen LogP contribution in [0.4, 0.5) is 5.82 Å². The number of anilines is 1. The van der Waals surface area contributed by atoms with E-state index in [9.17, 15) is 14.7 Å². The van der Waals surface area contributed by atoms with Crippen LogP contribution >= 0.6 is 0 Å². The fourth-order valence-electron chi connectivity index (χ4n) is 3.50. The second-order valence-corrected chi connectivity index (χ2v) is 6.46. The van der Waals surface area contributed by atoms with Gasteiger partial charge in [0.1, 0.15) is 17.8 Å². The minimum absolute atomic E-state index is 0.0110. The summed E-state index contributed by atoms with van der Waals surface area (Å²) >= 11 is 0. The van der Waals surface area contributed by atoms with E-state index in [0.29, 0.717) is 31.5 Å². The topological polar surface area (TPSA) is 99.2 Å². The van der Waals surface area contributed by atoms with Crippen molar-refractivity contribution in [2.75, 3.05) is 18.0 Å². The average Bonchev–Trinajstić information content (AvgIpc) is 2.99. The van der Waals surface area contributed by atoms with Crippen molar-refractivity contribution in [3.8, 4) is 0 Å². The zero-order valence-corrected chi connectivity index (χ0v) is 13.8. The standard InChI is InChI=1S/C18H18N4O3/c1-10(23)12-2-3-14-13(8-12)15-16(21-14)19-9-20-17(15)22-6-4-11(5-7-22)18(24)25/h2-3,8-9,11H,4-7H2,1H3,(H,24,25)(H,19,20,21). The summed E-state index contributed by atoms with van der Waals surface area (Å²) in [5.74, 6) is -0.218. The lowest BCUT2D eigenvalue weighted by Crippen LogP contribution is -2.36. The molecule has 1 saturated heterocycles. The molecule has 1 aliphatic heterocycles. The molecule has 3 heterocycles. The van der Waals surface area contributed by atoms with E-state index in [1.165, 1.54) is 6.33 Å². The first kappa shape index (κ1) is 15.6. The van der Waals surface area contributed by atoms with Gasteiger partial charge in [-0.25, -0.2) is 9.97 Å². The Bertz CT molecular complexity index is 987. The number of Topliss-reactive ketones (excluding diaryl/α,β-unsaturated/α-hetero) is 1. The van der Waals surface area contributed by atoms with E-state index >= 15 is 0 Å². The summed E-state index contributed by atoms with van der Waals surface area (Å²) in [5.41, 5.74) is 2.27. The molecule has 1 aromatic carbocycles. The molecule has 0 saturated carbocycles. The SMILES string of the molecule is CC(=O)c1ccc2[nH]c3ncnc(N4CCC(C(=O)O)CC4)c3c2c1. The van der Waals surface area contributed by atoms with E-state index < -0.39 is 5.97 Å². The molecule has 0 bridgehead atoms. The number of H-pyrrole nitrogens is 1. The summed E-state index contributed by atoms with van der Waals surface area (Å²) in [7, 11) is 0. The monoisotopic (exact) mass is 338 g/mol. The molecule has 0 radical (unpaired) electrons. The molecular weight excluding hydrogens is 320 g/mol. The number of carboxylic acids is 1. The van der Waals surface area contributed by atoms with Crippen molar-refractivity contribution in [1.82, 2.24) is 15.0 Å². The number of aromatic nitrogens is 3. The summed E-state index contributed by atoms with van der Waals surface area (Å²) in [6.07, 6.45) is 2.71. The summed E-state index contributed by atoms with van der Waals surface area (Å²) in [6, 6.07) is 5.55. The maximum absolute atomic E-state index is 11.7. The Balaban J connectivity index is 1.81. The highest BCUT2D eigenvalue weighted by molar-refractivity contribution is 6.13. The van der Waals surface area contributed by atoms with Gasteiger partial charge in [-0.15, -0.1) is 0 Å². The summed E-state index contributed by atoms with van der Waals surface area (Å²) in [5, 5.41) is 11.0. The van der Waals surface area contributed by atoms with Gasteiger partial charge in [0.15, 0.2) is 5.78 Å². The van der Waals surface area contributed by atoms with Crippen LogP contribution in [0.5, 0.6) is 0 Å². The molecule has 2 N–H and O–H groups in total. The molecule has 0 unspecified atom stereocenters. The lowest BCUT2D eigenvalue weighted by Gasteiger charge is -2.31. The quantitative estimate of drug-likeness (QED) is 0.712. The Morgan fingerprint density at radius 2 is 2.00 bits per heavy atom. The average molecular weight is 338 g/mol. The molecule has 7 heteroatoms. The highest BCUT2D eigenvalue weighted by Gasteiger charge is 2.26. The second-order valence-electron chi connectivity index (χ2n) is 6.46. The van der Waals surface area contributed by atoms with Crippen LogP contribution in [0.3, 0.4) is 0 Å². The molecule has 25 heavy (non-hydrogen) atoms. The predicted molar refractivity (Wildman–Crippen MR) is 94.0 cm³/mol. The molecule has 1 aliphatic rings. The number of carbonyl (C=O) groups is 2. The largest absolute Gasteiger partial charge is 0.481 e. The molecule has 4 rings (SSSR count). The van der Waals surface area contributed by atoms with E-state index in [1.807, 2.05) is 12.1 Å². The maximum atomic E-state index is 11.7. The number of hydrogen-bond donors (Lipinski definition) is 2. The third kappa shape index (κ3) is 2.61. The summed E-state index contributed by atoms with van der Waals surface area (Å²) < 4.78 is 0. The van der Waals surface area contributed by atoms with Crippen LogP contribution in [0.25, 0.3) is 21.9 Å². The zero-order valence-electron chi connectivity index (χ0n) is 13.8. The number of nitrogens with zero attached hydrogens (tertiary/aromatic N) is 3. The van der Waals surface area contributed by atoms with Crippen molar-refractivity contribution < 1.29 is 14.7 Å². The number of fused-ring (bicyclic) bond motifs is 3. The molecule has 3 aromatic rings. The van der Waals surface area contributed by atoms with Crippen molar-refractivity contribution >= 4 is 39.5 Å². The highest BCUT2D eigenvalue weighted by atomic mass is 16.4. The molecule has 0 atom stereocenters. The van der Waals surface area contributed by atoms with E-state index in [1.54, 1.807) is 13.0 Å². The molecular formula is C18H18N4O3. The predicted octanol–water partition coefficient (Wildman–Crippen LogP) is 2.61. The molecule has 2 aromatic heterocycles. The number of aliphatic carboxylic acids is 1. The highest BCUT2D eigenvalue weighted by Crippen LogP contribution is 2.33. The number of piperidine rings is 1. The third-order valence-corrected chi connectivity index (χ3v) is 4.92. The number of ketones is 1. The van der Waals surface area contributed by atoms with Gasteiger partial charge >= 0.3 is 5.97 Å². The van der Waals surface area contributed by atoms with Crippen molar-refractivity contribution in [3.63, 3.8) is 0 Å². The maximum Gasteiger partial charge on any atom is 0.306 e. The van der Waals surface area contributed by atoms with Gasteiger partial charge in [0, 0.05) is 29.6 Å². The van der Waals surface area contributed by atoms with Crippen LogP contribution in [0, 0.1) is 5.92 Å². The minimum Gasteiger partial charge on any atom is -0.481 e. The molecule has 7 nitrogen and oxygen atoms in total. The molecule has 0 spiro atoms. The van der Waals surface area contributed by atoms with E-state index in [0.717, 1.165) is 27.8 Å². The van der Waals surface area contributed by atoms with Gasteiger partial charge in [-0.3, -0.25) is 9.59 Å². The lowest BCUT2D eigenvalue weighted by molar-refractivity contribution is -0.142. The minimum atomic E-state index is -0.731. The first-order valence-electron chi connectivity index (χ1n) is 8.29. The Morgan fingerprint density at radius 3 is 2.68 bits per heavy atom. The van der Waals surface area contributed by atoms with Crippen LogP contribution in [0.2, 0.25) is 0 Å². The van der Waals surface area contributed by atoms with Crippen LogP contribution < -0.4 is 4.90 Å². The first-order chi connectivity index (χ1) is 12.0. The first-order valence-corrected chi connectivity index (χ1v) is 8.29. The van der Waals surface area contributed by atoms with E-state index in [2.05, 4.69) is 19.9 Å². The number of aromatic amines is 1. The van der Waals surface area contributed by atoms with Gasteiger partial charge in [0.2, 0.25) is 0 Å². The summed E-state index contributed by atoms with van der Waals surface area (Å²) in [6.45, 7) is 2.83. The number of hydrogen-bond acceptors (Lipinski definition) is 5. The lowest BCUT2D eigenvalue weighted by atomic mass is 9.97. The molecule has 0 aliphatic carbocycles. The van der Waals surface area contributed by atoms with Crippen LogP contribution in [0.1, 0.15) is 30.1 Å². The zero-order chi connectivity index (χ0) is 17.6. The van der Waals surface area contributed by atoms with E-state index in [-0.39, 0.29) is 11.7 Å². The van der Waals surface area contributed by atoms with Gasteiger partial charge < -0.3 is 15.0 Å². The Kier molecular flexibility index (Phi) is 3.63. The Hall–Kier alpha value is -2.96. The molecule has 128 valence electrons. The van der Waals surface area contributed by atoms with Crippen LogP contribution in [-0.4, -0.2) is 44.9 Å². The second kappa shape index (κ2) is 5.84. The van der Waals surface area contributed by atoms with Crippen molar-refractivity contribution in [2.45, 2.75) is 19.8 Å². The Labute approximate surface area is 143 Å². The van der Waals surface area contributed by atoms with Gasteiger partial charge in [0.25, 0.3) is 0 Å². The fourth-order valence-corrected chi connectivity index (χ4v) is 3.50. The van der Waals surface area contributed by atoms with Crippen LogP contribution in [-0.2, 0) is 4.79 Å². The molecule has 1 fully saturated rings. The third-order valence-electron chi connectivity index (χ3n) is 4.92. The van der Waals surface area contributed by atoms with Gasteiger partial charge in [-0.05, 0) is 38.0 Å². The van der Waals surface area contributed by atoms with Gasteiger partial charge in [-0.1, -0.05) is 0 Å². The number of benzene rings is 1. The fraction of sp³-hybridized carbons (Fsp3) is 0.333. The number of rotatable bonds is 3. The smallest absolute Gasteiger partial charge is 0.306 e.